The zero-order chi connectivity index (χ0) is 68.2. The maximum atomic E-state index is 13.0. The van der Waals surface area contributed by atoms with Crippen LogP contribution in [-0.2, 0) is 33.3 Å². The van der Waals surface area contributed by atoms with Gasteiger partial charge in [-0.1, -0.05) is 403 Å². The molecule has 0 aromatic rings. The van der Waals surface area contributed by atoms with Crippen molar-refractivity contribution in [2.45, 2.75) is 444 Å². The summed E-state index contributed by atoms with van der Waals surface area (Å²) in [4.78, 5) is 37.7. The Bertz CT molecular complexity index is 1640. The largest absolute Gasteiger partial charge is 0.477 e. The van der Waals surface area contributed by atoms with E-state index < -0.39 is 18.4 Å². The fourth-order valence-electron chi connectivity index (χ4n) is 12.8. The molecule has 0 fully saturated rings. The molecule has 0 rings (SSSR count). The molecule has 1 N–H and O–H groups in total. The number of likely N-dealkylation sites (N-methyl/N-ethyl adjacent to an activating group) is 1. The Kier molecular flexibility index (Phi) is 74.2. The first-order chi connectivity index (χ1) is 46.1. The van der Waals surface area contributed by atoms with E-state index in [0.29, 0.717) is 17.4 Å². The third-order valence-corrected chi connectivity index (χ3v) is 19.1. The average molecular weight is 1330 g/mol. The smallest absolute Gasteiger partial charge is 0.361 e. The molecule has 554 valence electrons. The molecule has 0 aliphatic heterocycles. The summed E-state index contributed by atoms with van der Waals surface area (Å²) in [6.45, 7) is 4.95. The Labute approximate surface area is 585 Å². The maximum Gasteiger partial charge on any atom is 0.361 e. The standard InChI is InChI=1S/C85H161NO8/c1-6-8-10-12-14-16-18-20-22-24-26-28-30-32-34-36-37-38-39-40-41-42-43-44-45-46-48-49-51-53-55-57-59-61-63-65-67-69-71-73-75-82(87)92-79-81(80-93-85(84(89)90)91-78-77-86(3,4)5)94-83(88)76-74-72-70-68-66-64-62-60-58-56-54-52-50-47-35-33-31-29-27-25-23-21-19-17-15-13-11-9-7-2/h19,21,25,27,31,33,81,85H,6-18,20,22-24,26,28-30,32,34-80H2,1-5H3/p+1/b21-19-,27-25-,33-31-. The minimum Gasteiger partial charge on any atom is -0.477 e. The lowest BCUT2D eigenvalue weighted by Crippen LogP contribution is -2.40. The van der Waals surface area contributed by atoms with Crippen molar-refractivity contribution in [3.63, 3.8) is 0 Å². The van der Waals surface area contributed by atoms with E-state index in [1.54, 1.807) is 0 Å². The van der Waals surface area contributed by atoms with E-state index in [9.17, 15) is 19.5 Å². The van der Waals surface area contributed by atoms with Crippen LogP contribution in [0.3, 0.4) is 0 Å². The highest BCUT2D eigenvalue weighted by Crippen LogP contribution is 2.20. The molecule has 94 heavy (non-hydrogen) atoms. The molecule has 0 amide bonds. The van der Waals surface area contributed by atoms with Crippen LogP contribution in [0.25, 0.3) is 0 Å². The van der Waals surface area contributed by atoms with Gasteiger partial charge in [-0.05, 0) is 51.4 Å². The van der Waals surface area contributed by atoms with E-state index >= 15 is 0 Å². The van der Waals surface area contributed by atoms with Gasteiger partial charge in [-0.15, -0.1) is 0 Å². The van der Waals surface area contributed by atoms with E-state index in [0.717, 1.165) is 51.4 Å². The van der Waals surface area contributed by atoms with Gasteiger partial charge in [0.2, 0.25) is 0 Å². The van der Waals surface area contributed by atoms with Crippen LogP contribution in [0.4, 0.5) is 0 Å². The fourth-order valence-corrected chi connectivity index (χ4v) is 12.8. The molecule has 0 aromatic carbocycles. The van der Waals surface area contributed by atoms with Crippen LogP contribution in [0.2, 0.25) is 0 Å². The molecule has 0 aliphatic carbocycles. The number of unbranched alkanes of at least 4 members (excludes halogenated alkanes) is 58. The third kappa shape index (κ3) is 76.9. The first-order valence-electron chi connectivity index (χ1n) is 41.7. The number of hydrogen-bond acceptors (Lipinski definition) is 7. The van der Waals surface area contributed by atoms with Crippen molar-refractivity contribution in [1.29, 1.82) is 0 Å². The van der Waals surface area contributed by atoms with Gasteiger partial charge in [0.25, 0.3) is 6.29 Å². The summed E-state index contributed by atoms with van der Waals surface area (Å²) in [6.07, 6.45) is 96.1. The molecule has 0 bridgehead atoms. The number of carboxylic acid groups (broad SMARTS) is 1. The first-order valence-corrected chi connectivity index (χ1v) is 41.7. The van der Waals surface area contributed by atoms with Gasteiger partial charge in [0.15, 0.2) is 6.10 Å². The highest BCUT2D eigenvalue weighted by atomic mass is 16.7. The van der Waals surface area contributed by atoms with Crippen LogP contribution < -0.4 is 0 Å². The normalized spacial score (nSPS) is 12.7. The second-order valence-corrected chi connectivity index (χ2v) is 29.8. The van der Waals surface area contributed by atoms with Gasteiger partial charge >= 0.3 is 17.9 Å². The lowest BCUT2D eigenvalue weighted by atomic mass is 10.0. The van der Waals surface area contributed by atoms with E-state index in [-0.39, 0.29) is 38.2 Å². The van der Waals surface area contributed by atoms with Gasteiger partial charge in [-0.2, -0.15) is 0 Å². The minimum absolute atomic E-state index is 0.177. The quantitative estimate of drug-likeness (QED) is 0.0211. The molecule has 0 radical (unpaired) electrons. The summed E-state index contributed by atoms with van der Waals surface area (Å²) in [7, 11) is 6.00. The summed E-state index contributed by atoms with van der Waals surface area (Å²) >= 11 is 0. The number of carbonyl (C=O) groups excluding carboxylic acids is 2. The predicted molar refractivity (Wildman–Crippen MR) is 406 cm³/mol. The van der Waals surface area contributed by atoms with Gasteiger partial charge in [0, 0.05) is 12.8 Å². The summed E-state index contributed by atoms with van der Waals surface area (Å²) in [5.74, 6) is -1.97. The summed E-state index contributed by atoms with van der Waals surface area (Å²) in [6, 6.07) is 0. The number of esters is 2. The number of ether oxygens (including phenoxy) is 4. The molecule has 0 heterocycles. The molecular formula is C85H162NO8+. The van der Waals surface area contributed by atoms with Crippen molar-refractivity contribution in [3.05, 3.63) is 36.5 Å². The van der Waals surface area contributed by atoms with Gasteiger partial charge in [0.1, 0.15) is 13.2 Å². The Hall–Kier alpha value is -2.49. The number of quaternary nitrogens is 1. The zero-order valence-electron chi connectivity index (χ0n) is 63.7. The molecule has 0 saturated carbocycles. The number of rotatable bonds is 79. The van der Waals surface area contributed by atoms with Crippen LogP contribution >= 0.6 is 0 Å². The first kappa shape index (κ1) is 91.5. The van der Waals surface area contributed by atoms with Crippen LogP contribution in [0.15, 0.2) is 36.5 Å². The zero-order valence-corrected chi connectivity index (χ0v) is 63.7. The number of nitrogens with zero attached hydrogens (tertiary/aromatic N) is 1. The highest BCUT2D eigenvalue weighted by Gasteiger charge is 2.25. The SMILES string of the molecule is CCCCCCC/C=C\C/C=C\C/C=C\CCCCCCCCCCCCCCCCC(=O)OC(COC(=O)CCCCCCCCCCCCCCCCCCCCCCCCCCCCCCCCCCCCCCCCCC)COC(OCC[N+](C)(C)C)C(=O)O. The Morgan fingerprint density at radius 1 is 0.319 bits per heavy atom. The van der Waals surface area contributed by atoms with Gasteiger partial charge in [-0.25, -0.2) is 4.79 Å². The summed E-state index contributed by atoms with van der Waals surface area (Å²) < 4.78 is 23.1. The van der Waals surface area contributed by atoms with Crippen molar-refractivity contribution < 1.29 is 42.9 Å². The second kappa shape index (κ2) is 76.3. The van der Waals surface area contributed by atoms with Crippen molar-refractivity contribution in [3.8, 4) is 0 Å². The number of aliphatic carboxylic acids is 1. The molecule has 9 heteroatoms. The van der Waals surface area contributed by atoms with E-state index in [2.05, 4.69) is 50.3 Å². The van der Waals surface area contributed by atoms with E-state index in [1.807, 2.05) is 21.1 Å². The molecule has 0 aromatic heterocycles. The predicted octanol–water partition coefficient (Wildman–Crippen LogP) is 26.7. The number of hydrogen-bond donors (Lipinski definition) is 1. The lowest BCUT2D eigenvalue weighted by molar-refractivity contribution is -0.870. The number of carbonyl (C=O) groups is 3. The lowest BCUT2D eigenvalue weighted by Gasteiger charge is -2.25. The van der Waals surface area contributed by atoms with Crippen LogP contribution in [0.1, 0.15) is 431 Å². The molecule has 2 atom stereocenters. The van der Waals surface area contributed by atoms with Crippen molar-refractivity contribution in [2.75, 3.05) is 47.5 Å². The second-order valence-electron chi connectivity index (χ2n) is 29.8. The Morgan fingerprint density at radius 2 is 0.574 bits per heavy atom. The highest BCUT2D eigenvalue weighted by molar-refractivity contribution is 5.71. The summed E-state index contributed by atoms with van der Waals surface area (Å²) in [5, 5.41) is 9.77. The minimum atomic E-state index is -1.51. The topological polar surface area (TPSA) is 108 Å². The van der Waals surface area contributed by atoms with Crippen LogP contribution in [-0.4, -0.2) is 87.4 Å². The van der Waals surface area contributed by atoms with Crippen molar-refractivity contribution in [2.24, 2.45) is 0 Å². The van der Waals surface area contributed by atoms with Gasteiger partial charge in [0.05, 0.1) is 34.4 Å². The maximum absolute atomic E-state index is 13.0. The fraction of sp³-hybridized carbons (Fsp3) is 0.894. The van der Waals surface area contributed by atoms with E-state index in [4.69, 9.17) is 18.9 Å². The number of carboxylic acids is 1. The molecule has 0 aliphatic rings. The molecule has 9 nitrogen and oxygen atoms in total. The van der Waals surface area contributed by atoms with Crippen molar-refractivity contribution in [1.82, 2.24) is 0 Å². The molecule has 0 spiro atoms. The van der Waals surface area contributed by atoms with Crippen molar-refractivity contribution >= 4 is 17.9 Å². The monoisotopic (exact) mass is 1330 g/mol. The van der Waals surface area contributed by atoms with Gasteiger partial charge in [-0.3, -0.25) is 9.59 Å². The summed E-state index contributed by atoms with van der Waals surface area (Å²) in [5.41, 5.74) is 0. The average Bonchev–Trinajstić information content (AvgIpc) is 3.72. The van der Waals surface area contributed by atoms with Crippen LogP contribution in [0.5, 0.6) is 0 Å². The van der Waals surface area contributed by atoms with Gasteiger partial charge < -0.3 is 28.5 Å². The third-order valence-electron chi connectivity index (χ3n) is 19.1. The molecular weight excluding hydrogens is 1160 g/mol. The molecule has 0 saturated heterocycles. The van der Waals surface area contributed by atoms with E-state index in [1.165, 1.54) is 353 Å². The molecule has 2 unspecified atom stereocenters. The number of allylic oxidation sites excluding steroid dienone is 6. The Morgan fingerprint density at radius 3 is 0.851 bits per heavy atom. The van der Waals surface area contributed by atoms with Crippen LogP contribution in [0, 0.1) is 0 Å². The Balaban J connectivity index is 3.92.